The van der Waals surface area contributed by atoms with Gasteiger partial charge >= 0.3 is 5.97 Å². The second-order valence-corrected chi connectivity index (χ2v) is 8.11. The van der Waals surface area contributed by atoms with Gasteiger partial charge in [0.2, 0.25) is 0 Å². The van der Waals surface area contributed by atoms with Crippen molar-refractivity contribution in [2.45, 2.75) is 71.6 Å². The minimum absolute atomic E-state index is 0.174. The molecule has 0 saturated heterocycles. The first kappa shape index (κ1) is 23.9. The van der Waals surface area contributed by atoms with E-state index in [9.17, 15) is 9.90 Å². The Bertz CT molecular complexity index is 733. The molecule has 4 nitrogen and oxygen atoms in total. The summed E-state index contributed by atoms with van der Waals surface area (Å²) >= 11 is 0. The Kier molecular flexibility index (Phi) is 11.0. The molecular weight excluding hydrogens is 372 g/mol. The fraction of sp³-hybridized carbons (Fsp3) is 0.538. The number of unbranched alkanes of at least 4 members (excludes halogenated alkanes) is 4. The standard InChI is InChI=1S/C26H38N2O2/c1-3-5-8-16-23(26(29)30)17-11-7-12-20-28(4-2)25-24(18-13-19-27-25)21-22-14-9-6-10-15-22/h6,9-10,13-15,18-19,23H,3-5,7-8,11-12,16-17,20-21H2,1-2H3,(H,29,30). The lowest BCUT2D eigenvalue weighted by atomic mass is 9.95. The molecule has 0 amide bonds. The summed E-state index contributed by atoms with van der Waals surface area (Å²) in [5.41, 5.74) is 2.55. The summed E-state index contributed by atoms with van der Waals surface area (Å²) < 4.78 is 0. The Balaban J connectivity index is 1.84. The molecule has 1 aromatic heterocycles. The van der Waals surface area contributed by atoms with Crippen LogP contribution in [0.15, 0.2) is 48.7 Å². The highest BCUT2D eigenvalue weighted by atomic mass is 16.4. The first-order valence-electron chi connectivity index (χ1n) is 11.6. The van der Waals surface area contributed by atoms with Gasteiger partial charge < -0.3 is 10.0 Å². The van der Waals surface area contributed by atoms with E-state index in [1.54, 1.807) is 0 Å². The van der Waals surface area contributed by atoms with E-state index in [1.807, 2.05) is 18.3 Å². The number of carboxylic acids is 1. The van der Waals surface area contributed by atoms with Gasteiger partial charge in [0.05, 0.1) is 5.92 Å². The van der Waals surface area contributed by atoms with E-state index in [0.717, 1.165) is 76.7 Å². The van der Waals surface area contributed by atoms with Gasteiger partial charge in [-0.05, 0) is 43.4 Å². The van der Waals surface area contributed by atoms with Crippen LogP contribution in [0.5, 0.6) is 0 Å². The maximum absolute atomic E-state index is 11.5. The van der Waals surface area contributed by atoms with E-state index in [0.29, 0.717) is 0 Å². The zero-order chi connectivity index (χ0) is 21.6. The average molecular weight is 411 g/mol. The predicted octanol–water partition coefficient (Wildman–Crippen LogP) is 6.34. The van der Waals surface area contributed by atoms with Crippen molar-refractivity contribution < 1.29 is 9.90 Å². The number of hydrogen-bond acceptors (Lipinski definition) is 3. The van der Waals surface area contributed by atoms with Gasteiger partial charge in [0.1, 0.15) is 5.82 Å². The third-order valence-electron chi connectivity index (χ3n) is 5.77. The number of hydrogen-bond donors (Lipinski definition) is 1. The van der Waals surface area contributed by atoms with Crippen LogP contribution in [0.3, 0.4) is 0 Å². The van der Waals surface area contributed by atoms with E-state index in [4.69, 9.17) is 0 Å². The first-order valence-corrected chi connectivity index (χ1v) is 11.6. The number of nitrogens with zero attached hydrogens (tertiary/aromatic N) is 2. The zero-order valence-electron chi connectivity index (χ0n) is 18.7. The second kappa shape index (κ2) is 13.8. The van der Waals surface area contributed by atoms with Gasteiger partial charge in [0.15, 0.2) is 0 Å². The molecule has 2 rings (SSSR count). The smallest absolute Gasteiger partial charge is 0.306 e. The highest BCUT2D eigenvalue weighted by Gasteiger charge is 2.16. The molecule has 0 spiro atoms. The highest BCUT2D eigenvalue weighted by molar-refractivity contribution is 5.69. The summed E-state index contributed by atoms with van der Waals surface area (Å²) in [5.74, 6) is 0.277. The van der Waals surface area contributed by atoms with Crippen LogP contribution < -0.4 is 4.90 Å². The molecule has 2 aromatic rings. The van der Waals surface area contributed by atoms with Crippen molar-refractivity contribution in [3.63, 3.8) is 0 Å². The van der Waals surface area contributed by atoms with Crippen molar-refractivity contribution in [2.75, 3.05) is 18.0 Å². The molecule has 1 aromatic carbocycles. The van der Waals surface area contributed by atoms with Crippen LogP contribution in [0.4, 0.5) is 5.82 Å². The first-order chi connectivity index (χ1) is 14.7. The Morgan fingerprint density at radius 1 is 0.967 bits per heavy atom. The number of anilines is 1. The molecule has 1 unspecified atom stereocenters. The predicted molar refractivity (Wildman–Crippen MR) is 125 cm³/mol. The third kappa shape index (κ3) is 8.17. The molecule has 0 fully saturated rings. The van der Waals surface area contributed by atoms with Crippen LogP contribution >= 0.6 is 0 Å². The Labute approximate surface area is 182 Å². The molecule has 0 radical (unpaired) electrons. The molecule has 1 N–H and O–H groups in total. The molecule has 4 heteroatoms. The largest absolute Gasteiger partial charge is 0.481 e. The Morgan fingerprint density at radius 2 is 1.70 bits per heavy atom. The van der Waals surface area contributed by atoms with E-state index >= 15 is 0 Å². The molecule has 164 valence electrons. The fourth-order valence-electron chi connectivity index (χ4n) is 3.98. The van der Waals surface area contributed by atoms with Gasteiger partial charge in [-0.2, -0.15) is 0 Å². The molecule has 0 aliphatic carbocycles. The lowest BCUT2D eigenvalue weighted by molar-refractivity contribution is -0.142. The topological polar surface area (TPSA) is 53.4 Å². The molecule has 30 heavy (non-hydrogen) atoms. The van der Waals surface area contributed by atoms with Crippen molar-refractivity contribution in [3.05, 3.63) is 59.8 Å². The number of aliphatic carboxylic acids is 1. The quantitative estimate of drug-likeness (QED) is 0.348. The van der Waals surface area contributed by atoms with Crippen LogP contribution in [0.2, 0.25) is 0 Å². The maximum atomic E-state index is 11.5. The van der Waals surface area contributed by atoms with E-state index < -0.39 is 5.97 Å². The van der Waals surface area contributed by atoms with Crippen LogP contribution in [0.25, 0.3) is 0 Å². The molecule has 1 heterocycles. The molecule has 0 bridgehead atoms. The highest BCUT2D eigenvalue weighted by Crippen LogP contribution is 2.22. The number of aromatic nitrogens is 1. The summed E-state index contributed by atoms with van der Waals surface area (Å²) in [6, 6.07) is 14.7. The number of carboxylic acid groups (broad SMARTS) is 1. The van der Waals surface area contributed by atoms with E-state index in [1.165, 1.54) is 11.1 Å². The van der Waals surface area contributed by atoms with Gasteiger partial charge in [0.25, 0.3) is 0 Å². The number of benzene rings is 1. The van der Waals surface area contributed by atoms with Crippen molar-refractivity contribution >= 4 is 11.8 Å². The normalized spacial score (nSPS) is 11.9. The maximum Gasteiger partial charge on any atom is 0.306 e. The second-order valence-electron chi connectivity index (χ2n) is 8.11. The molecule has 0 saturated carbocycles. The molecule has 0 aliphatic heterocycles. The number of rotatable bonds is 15. The summed E-state index contributed by atoms with van der Waals surface area (Å²) in [4.78, 5) is 18.5. The van der Waals surface area contributed by atoms with Gasteiger partial charge in [0, 0.05) is 25.7 Å². The minimum Gasteiger partial charge on any atom is -0.481 e. The number of pyridine rings is 1. The van der Waals surface area contributed by atoms with Crippen molar-refractivity contribution in [3.8, 4) is 0 Å². The average Bonchev–Trinajstić information content (AvgIpc) is 2.76. The summed E-state index contributed by atoms with van der Waals surface area (Å²) in [7, 11) is 0. The van der Waals surface area contributed by atoms with Crippen LogP contribution in [0.1, 0.15) is 76.3 Å². The molecule has 1 atom stereocenters. The number of carbonyl (C=O) groups is 1. The van der Waals surface area contributed by atoms with E-state index in [2.05, 4.69) is 54.1 Å². The summed E-state index contributed by atoms with van der Waals surface area (Å²) in [6.07, 6.45) is 10.8. The van der Waals surface area contributed by atoms with Gasteiger partial charge in [-0.3, -0.25) is 4.79 Å². The third-order valence-corrected chi connectivity index (χ3v) is 5.77. The van der Waals surface area contributed by atoms with Gasteiger partial charge in [-0.15, -0.1) is 0 Å². The lowest BCUT2D eigenvalue weighted by Crippen LogP contribution is -2.26. The Hall–Kier alpha value is -2.36. The van der Waals surface area contributed by atoms with Crippen LogP contribution in [0, 0.1) is 5.92 Å². The minimum atomic E-state index is -0.625. The molecular formula is C26H38N2O2. The van der Waals surface area contributed by atoms with Crippen molar-refractivity contribution in [1.82, 2.24) is 4.98 Å². The summed E-state index contributed by atoms with van der Waals surface area (Å²) in [6.45, 7) is 6.22. The van der Waals surface area contributed by atoms with Crippen molar-refractivity contribution in [1.29, 1.82) is 0 Å². The monoisotopic (exact) mass is 410 g/mol. The summed E-state index contributed by atoms with van der Waals surface area (Å²) in [5, 5.41) is 9.44. The SMILES string of the molecule is CCCCCC(CCCCCN(CC)c1ncccc1Cc1ccccc1)C(=O)O. The lowest BCUT2D eigenvalue weighted by Gasteiger charge is -2.24. The fourth-order valence-corrected chi connectivity index (χ4v) is 3.98. The van der Waals surface area contributed by atoms with Crippen molar-refractivity contribution in [2.24, 2.45) is 5.92 Å². The zero-order valence-corrected chi connectivity index (χ0v) is 18.7. The van der Waals surface area contributed by atoms with Gasteiger partial charge in [-0.1, -0.05) is 75.4 Å². The Morgan fingerprint density at radius 3 is 2.37 bits per heavy atom. The van der Waals surface area contributed by atoms with E-state index in [-0.39, 0.29) is 5.92 Å². The van der Waals surface area contributed by atoms with Gasteiger partial charge in [-0.25, -0.2) is 4.98 Å². The van der Waals surface area contributed by atoms with Crippen LogP contribution in [-0.2, 0) is 11.2 Å². The molecule has 0 aliphatic rings. The van der Waals surface area contributed by atoms with Crippen LogP contribution in [-0.4, -0.2) is 29.1 Å².